The van der Waals surface area contributed by atoms with Crippen molar-refractivity contribution in [1.82, 2.24) is 5.32 Å². The van der Waals surface area contributed by atoms with E-state index < -0.39 is 0 Å². The third kappa shape index (κ3) is 4.96. The first kappa shape index (κ1) is 14.5. The predicted octanol–water partition coefficient (Wildman–Crippen LogP) is 3.46. The van der Waals surface area contributed by atoms with Crippen molar-refractivity contribution >= 4 is 0 Å². The van der Waals surface area contributed by atoms with E-state index in [1.54, 1.807) is 0 Å². The first-order valence-corrected chi connectivity index (χ1v) is 7.72. The molecule has 0 amide bonds. The van der Waals surface area contributed by atoms with Crippen LogP contribution in [0.5, 0.6) is 0 Å². The molecule has 1 aliphatic carbocycles. The van der Waals surface area contributed by atoms with Crippen LogP contribution in [-0.2, 0) is 0 Å². The van der Waals surface area contributed by atoms with Gasteiger partial charge in [0.15, 0.2) is 0 Å². The van der Waals surface area contributed by atoms with Gasteiger partial charge in [0.25, 0.3) is 0 Å². The standard InChI is InChI=1S/C17H27NO/c1-14(19)6-5-13-18-17-11-9-16(10-12-17)15-7-3-2-4-8-15/h2-4,7-8,14,16-19H,5-6,9-13H2,1H3. The SMILES string of the molecule is CC(O)CCCNC1CCC(c2ccccc2)CC1. The van der Waals surface area contributed by atoms with E-state index in [9.17, 15) is 5.11 Å². The number of aliphatic hydroxyl groups is 1. The molecule has 1 fully saturated rings. The maximum absolute atomic E-state index is 9.22. The second-order valence-corrected chi connectivity index (χ2v) is 5.90. The minimum absolute atomic E-state index is 0.157. The normalized spacial score (nSPS) is 25.2. The van der Waals surface area contributed by atoms with Crippen molar-refractivity contribution in [3.8, 4) is 0 Å². The zero-order valence-corrected chi connectivity index (χ0v) is 12.0. The molecule has 2 rings (SSSR count). The van der Waals surface area contributed by atoms with Crippen LogP contribution in [0.2, 0.25) is 0 Å². The van der Waals surface area contributed by atoms with E-state index in [1.165, 1.54) is 31.2 Å². The van der Waals surface area contributed by atoms with E-state index in [4.69, 9.17) is 0 Å². The molecule has 106 valence electrons. The van der Waals surface area contributed by atoms with Gasteiger partial charge in [-0.15, -0.1) is 0 Å². The summed E-state index contributed by atoms with van der Waals surface area (Å²) in [6.07, 6.45) is 7.01. The number of aliphatic hydroxyl groups excluding tert-OH is 1. The summed E-state index contributed by atoms with van der Waals surface area (Å²) in [6.45, 7) is 2.91. The highest BCUT2D eigenvalue weighted by atomic mass is 16.3. The van der Waals surface area contributed by atoms with Gasteiger partial charge in [0.05, 0.1) is 6.10 Å². The predicted molar refractivity (Wildman–Crippen MR) is 80.4 cm³/mol. The van der Waals surface area contributed by atoms with Gasteiger partial charge in [0.2, 0.25) is 0 Å². The zero-order valence-electron chi connectivity index (χ0n) is 12.0. The molecule has 1 aromatic rings. The van der Waals surface area contributed by atoms with Crippen LogP contribution in [0.25, 0.3) is 0 Å². The Morgan fingerprint density at radius 3 is 2.47 bits per heavy atom. The minimum atomic E-state index is -0.157. The second kappa shape index (κ2) is 7.66. The Labute approximate surface area is 117 Å². The summed E-state index contributed by atoms with van der Waals surface area (Å²) in [5.74, 6) is 0.761. The van der Waals surface area contributed by atoms with Crippen LogP contribution >= 0.6 is 0 Å². The highest BCUT2D eigenvalue weighted by molar-refractivity contribution is 5.20. The molecule has 0 heterocycles. The molecule has 2 N–H and O–H groups in total. The fourth-order valence-corrected chi connectivity index (χ4v) is 3.06. The van der Waals surface area contributed by atoms with Crippen molar-refractivity contribution in [2.24, 2.45) is 0 Å². The molecule has 2 heteroatoms. The lowest BCUT2D eigenvalue weighted by atomic mass is 9.82. The highest BCUT2D eigenvalue weighted by Crippen LogP contribution is 2.32. The lowest BCUT2D eigenvalue weighted by molar-refractivity contribution is 0.180. The highest BCUT2D eigenvalue weighted by Gasteiger charge is 2.21. The van der Waals surface area contributed by atoms with Crippen molar-refractivity contribution < 1.29 is 5.11 Å². The van der Waals surface area contributed by atoms with Crippen LogP contribution in [-0.4, -0.2) is 23.8 Å². The first-order valence-electron chi connectivity index (χ1n) is 7.72. The number of hydrogen-bond donors (Lipinski definition) is 2. The van der Waals surface area contributed by atoms with Crippen LogP contribution in [0.3, 0.4) is 0 Å². The molecule has 0 aromatic heterocycles. The molecule has 0 aliphatic heterocycles. The monoisotopic (exact) mass is 261 g/mol. The molecule has 0 radical (unpaired) electrons. The summed E-state index contributed by atoms with van der Waals surface area (Å²) in [4.78, 5) is 0. The summed E-state index contributed by atoms with van der Waals surface area (Å²) in [5.41, 5.74) is 1.51. The number of nitrogens with one attached hydrogen (secondary N) is 1. The summed E-state index contributed by atoms with van der Waals surface area (Å²) in [5, 5.41) is 12.9. The Hall–Kier alpha value is -0.860. The molecule has 1 aliphatic rings. The van der Waals surface area contributed by atoms with Gasteiger partial charge in [-0.25, -0.2) is 0 Å². The lowest BCUT2D eigenvalue weighted by Gasteiger charge is -2.29. The molecular formula is C17H27NO. The summed E-state index contributed by atoms with van der Waals surface area (Å²) < 4.78 is 0. The van der Waals surface area contributed by atoms with Gasteiger partial charge in [0.1, 0.15) is 0 Å². The van der Waals surface area contributed by atoms with Gasteiger partial charge >= 0.3 is 0 Å². The van der Waals surface area contributed by atoms with E-state index in [-0.39, 0.29) is 6.10 Å². The van der Waals surface area contributed by atoms with Crippen molar-refractivity contribution in [2.45, 2.75) is 63.5 Å². The molecule has 1 atom stereocenters. The lowest BCUT2D eigenvalue weighted by Crippen LogP contribution is -2.33. The van der Waals surface area contributed by atoms with Crippen molar-refractivity contribution in [3.63, 3.8) is 0 Å². The van der Waals surface area contributed by atoms with Gasteiger partial charge < -0.3 is 10.4 Å². The van der Waals surface area contributed by atoms with E-state index in [0.29, 0.717) is 6.04 Å². The number of hydrogen-bond acceptors (Lipinski definition) is 2. The Morgan fingerprint density at radius 2 is 1.84 bits per heavy atom. The van der Waals surface area contributed by atoms with Crippen LogP contribution in [0.1, 0.15) is 56.9 Å². The number of rotatable bonds is 6. The van der Waals surface area contributed by atoms with E-state index >= 15 is 0 Å². The van der Waals surface area contributed by atoms with Crippen LogP contribution in [0, 0.1) is 0 Å². The maximum Gasteiger partial charge on any atom is 0.0512 e. The Balaban J connectivity index is 1.65. The molecule has 0 saturated heterocycles. The fourth-order valence-electron chi connectivity index (χ4n) is 3.06. The molecule has 0 spiro atoms. The van der Waals surface area contributed by atoms with Crippen molar-refractivity contribution in [2.75, 3.05) is 6.54 Å². The average Bonchev–Trinajstić information content (AvgIpc) is 2.45. The molecule has 2 nitrogen and oxygen atoms in total. The molecule has 0 bridgehead atoms. The van der Waals surface area contributed by atoms with Crippen molar-refractivity contribution in [3.05, 3.63) is 35.9 Å². The summed E-state index contributed by atoms with van der Waals surface area (Å²) in [7, 11) is 0. The van der Waals surface area contributed by atoms with Gasteiger partial charge in [-0.3, -0.25) is 0 Å². The maximum atomic E-state index is 9.22. The summed E-state index contributed by atoms with van der Waals surface area (Å²) in [6, 6.07) is 11.6. The van der Waals surface area contributed by atoms with Gasteiger partial charge in [0, 0.05) is 6.04 Å². The average molecular weight is 261 g/mol. The first-order chi connectivity index (χ1) is 9.25. The molecular weight excluding hydrogens is 234 g/mol. The third-order valence-electron chi connectivity index (χ3n) is 4.23. The zero-order chi connectivity index (χ0) is 13.5. The van der Waals surface area contributed by atoms with Gasteiger partial charge in [-0.2, -0.15) is 0 Å². The fraction of sp³-hybridized carbons (Fsp3) is 0.647. The summed E-state index contributed by atoms with van der Waals surface area (Å²) >= 11 is 0. The molecule has 19 heavy (non-hydrogen) atoms. The molecule has 1 unspecified atom stereocenters. The topological polar surface area (TPSA) is 32.3 Å². The smallest absolute Gasteiger partial charge is 0.0512 e. The Bertz CT molecular complexity index is 342. The minimum Gasteiger partial charge on any atom is -0.393 e. The van der Waals surface area contributed by atoms with Gasteiger partial charge in [-0.05, 0) is 63.5 Å². The van der Waals surface area contributed by atoms with Crippen LogP contribution in [0.15, 0.2) is 30.3 Å². The largest absolute Gasteiger partial charge is 0.393 e. The van der Waals surface area contributed by atoms with E-state index in [1.807, 2.05) is 6.92 Å². The van der Waals surface area contributed by atoms with Crippen LogP contribution < -0.4 is 5.32 Å². The quantitative estimate of drug-likeness (QED) is 0.769. The van der Waals surface area contributed by atoms with Crippen molar-refractivity contribution in [1.29, 1.82) is 0 Å². The second-order valence-electron chi connectivity index (χ2n) is 5.90. The van der Waals surface area contributed by atoms with E-state index in [2.05, 4.69) is 35.6 Å². The third-order valence-corrected chi connectivity index (χ3v) is 4.23. The van der Waals surface area contributed by atoms with E-state index in [0.717, 1.165) is 25.3 Å². The Kier molecular flexibility index (Phi) is 5.87. The van der Waals surface area contributed by atoms with Crippen LogP contribution in [0.4, 0.5) is 0 Å². The van der Waals surface area contributed by atoms with Gasteiger partial charge in [-0.1, -0.05) is 30.3 Å². The molecule has 1 aromatic carbocycles. The Morgan fingerprint density at radius 1 is 1.16 bits per heavy atom. The molecule has 1 saturated carbocycles. The number of benzene rings is 1.